The number of likely N-dealkylation sites (tertiary alicyclic amines) is 1. The van der Waals surface area contributed by atoms with E-state index in [9.17, 15) is 14.0 Å². The lowest BCUT2D eigenvalue weighted by Gasteiger charge is -2.21. The molecule has 2 aromatic heterocycles. The third kappa shape index (κ3) is 2.90. The van der Waals surface area contributed by atoms with Gasteiger partial charge in [0, 0.05) is 24.0 Å². The number of H-pyrrole nitrogens is 1. The number of nitrogens with zero attached hydrogens (tertiary/aromatic N) is 3. The van der Waals surface area contributed by atoms with Crippen molar-refractivity contribution in [3.05, 3.63) is 57.7 Å². The minimum atomic E-state index is -0.533. The third-order valence-electron chi connectivity index (χ3n) is 4.87. The summed E-state index contributed by atoms with van der Waals surface area (Å²) in [7, 11) is 0. The van der Waals surface area contributed by atoms with Gasteiger partial charge in [0.1, 0.15) is 17.4 Å². The Morgan fingerprint density at radius 2 is 2.22 bits per heavy atom. The highest BCUT2D eigenvalue weighted by Crippen LogP contribution is 2.32. The highest BCUT2D eigenvalue weighted by atomic mass is 19.1. The summed E-state index contributed by atoms with van der Waals surface area (Å²) < 4.78 is 19.2. The molecule has 1 amide bonds. The first kappa shape index (κ1) is 17.4. The van der Waals surface area contributed by atoms with Crippen LogP contribution < -0.4 is 5.43 Å². The van der Waals surface area contributed by atoms with Gasteiger partial charge in [-0.2, -0.15) is 4.98 Å². The molecule has 1 fully saturated rings. The molecule has 3 heterocycles. The second-order valence-electron chi connectivity index (χ2n) is 7.00. The summed E-state index contributed by atoms with van der Waals surface area (Å²) in [4.78, 5) is 34.5. The zero-order valence-electron chi connectivity index (χ0n) is 15.0. The van der Waals surface area contributed by atoms with E-state index in [-0.39, 0.29) is 28.4 Å². The maximum Gasteiger partial charge on any atom is 0.260 e. The zero-order valence-corrected chi connectivity index (χ0v) is 15.0. The van der Waals surface area contributed by atoms with Crippen molar-refractivity contribution in [1.82, 2.24) is 20.0 Å². The Bertz CT molecular complexity index is 1070. The summed E-state index contributed by atoms with van der Waals surface area (Å²) in [6.07, 6.45) is 2.74. The van der Waals surface area contributed by atoms with Crippen LogP contribution in [0.1, 0.15) is 60.7 Å². The fraction of sp³-hybridized carbons (Fsp3) is 0.368. The van der Waals surface area contributed by atoms with Gasteiger partial charge < -0.3 is 14.4 Å². The molecule has 1 aliphatic heterocycles. The predicted molar refractivity (Wildman–Crippen MR) is 95.9 cm³/mol. The fourth-order valence-corrected chi connectivity index (χ4v) is 3.41. The maximum absolute atomic E-state index is 13.9. The number of para-hydroxylation sites is 1. The van der Waals surface area contributed by atoms with E-state index in [0.717, 1.165) is 6.42 Å². The number of rotatable bonds is 3. The van der Waals surface area contributed by atoms with Crippen LogP contribution in [0.5, 0.6) is 0 Å². The van der Waals surface area contributed by atoms with E-state index < -0.39 is 17.2 Å². The van der Waals surface area contributed by atoms with E-state index >= 15 is 0 Å². The number of nitrogens with one attached hydrogen (secondary N) is 1. The van der Waals surface area contributed by atoms with Crippen molar-refractivity contribution in [1.29, 1.82) is 0 Å². The summed E-state index contributed by atoms with van der Waals surface area (Å²) in [6.45, 7) is 4.41. The van der Waals surface area contributed by atoms with E-state index in [1.54, 1.807) is 4.90 Å². The number of carbonyl (C=O) groups excluding carboxylic acids is 1. The van der Waals surface area contributed by atoms with Gasteiger partial charge in [0.05, 0.1) is 5.52 Å². The minimum Gasteiger partial charge on any atom is -0.358 e. The summed E-state index contributed by atoms with van der Waals surface area (Å²) in [5.41, 5.74) is -0.425. The van der Waals surface area contributed by atoms with Gasteiger partial charge in [-0.15, -0.1) is 0 Å². The summed E-state index contributed by atoms with van der Waals surface area (Å²) in [5.74, 6) is 0.131. The van der Waals surface area contributed by atoms with Crippen molar-refractivity contribution >= 4 is 16.8 Å². The average Bonchev–Trinajstić information content (AvgIpc) is 3.31. The molecule has 0 bridgehead atoms. The molecule has 1 aliphatic rings. The molecule has 140 valence electrons. The lowest BCUT2D eigenvalue weighted by atomic mass is 10.1. The van der Waals surface area contributed by atoms with Crippen molar-refractivity contribution in [2.75, 3.05) is 6.54 Å². The van der Waals surface area contributed by atoms with Crippen LogP contribution in [0.25, 0.3) is 10.9 Å². The second kappa shape index (κ2) is 6.61. The first-order chi connectivity index (χ1) is 13.0. The molecule has 3 aromatic rings. The second-order valence-corrected chi connectivity index (χ2v) is 7.00. The Balaban J connectivity index is 1.70. The standard InChI is InChI=1S/C19H19FN4O3/c1-10(2)17-22-18(27-23-17)14-7-4-8-24(14)19(26)12-9-21-15-11(16(12)25)5-3-6-13(15)20/h3,5-6,9-10,14H,4,7-8H2,1-2H3,(H,21,25)/t14-/m1/s1. The van der Waals surface area contributed by atoms with Crippen molar-refractivity contribution in [2.24, 2.45) is 0 Å². The van der Waals surface area contributed by atoms with Gasteiger partial charge in [0.25, 0.3) is 5.91 Å². The molecule has 8 heteroatoms. The van der Waals surface area contributed by atoms with Crippen LogP contribution in [0.3, 0.4) is 0 Å². The van der Waals surface area contributed by atoms with Gasteiger partial charge in [-0.05, 0) is 25.0 Å². The Kier molecular flexibility index (Phi) is 4.25. The van der Waals surface area contributed by atoms with Crippen LogP contribution >= 0.6 is 0 Å². The molecule has 1 aromatic carbocycles. The van der Waals surface area contributed by atoms with Gasteiger partial charge in [-0.3, -0.25) is 9.59 Å². The number of hydrogen-bond acceptors (Lipinski definition) is 5. The number of benzene rings is 1. The van der Waals surface area contributed by atoms with Crippen LogP contribution in [0, 0.1) is 5.82 Å². The molecule has 0 aliphatic carbocycles. The Morgan fingerprint density at radius 3 is 2.96 bits per heavy atom. The summed E-state index contributed by atoms with van der Waals surface area (Å²) in [5, 5.41) is 4.11. The molecule has 27 heavy (non-hydrogen) atoms. The molecular formula is C19H19FN4O3. The number of pyridine rings is 1. The van der Waals surface area contributed by atoms with E-state index in [4.69, 9.17) is 4.52 Å². The average molecular weight is 370 g/mol. The lowest BCUT2D eigenvalue weighted by molar-refractivity contribution is 0.0708. The monoisotopic (exact) mass is 370 g/mol. The van der Waals surface area contributed by atoms with E-state index in [0.29, 0.717) is 24.7 Å². The number of fused-ring (bicyclic) bond motifs is 1. The van der Waals surface area contributed by atoms with Crippen LogP contribution in [0.2, 0.25) is 0 Å². The van der Waals surface area contributed by atoms with Gasteiger partial charge in [0.2, 0.25) is 11.3 Å². The Labute approximate surface area is 154 Å². The van der Waals surface area contributed by atoms with Gasteiger partial charge in [-0.25, -0.2) is 4.39 Å². The van der Waals surface area contributed by atoms with Crippen LogP contribution in [-0.4, -0.2) is 32.5 Å². The SMILES string of the molecule is CC(C)c1noc([C@H]2CCCN2C(=O)c2c[nH]c3c(F)cccc3c2=O)n1. The topological polar surface area (TPSA) is 92.1 Å². The van der Waals surface area contributed by atoms with Crippen LogP contribution in [0.15, 0.2) is 33.7 Å². The molecule has 7 nitrogen and oxygen atoms in total. The normalized spacial score (nSPS) is 17.2. The Hall–Kier alpha value is -3.03. The Morgan fingerprint density at radius 1 is 1.41 bits per heavy atom. The number of amides is 1. The molecule has 0 unspecified atom stereocenters. The quantitative estimate of drug-likeness (QED) is 0.765. The highest BCUT2D eigenvalue weighted by Gasteiger charge is 2.35. The molecular weight excluding hydrogens is 351 g/mol. The summed E-state index contributed by atoms with van der Waals surface area (Å²) >= 11 is 0. The summed E-state index contributed by atoms with van der Waals surface area (Å²) in [6, 6.07) is 3.85. The van der Waals surface area contributed by atoms with Crippen molar-refractivity contribution in [3.63, 3.8) is 0 Å². The third-order valence-corrected chi connectivity index (χ3v) is 4.87. The van der Waals surface area contributed by atoms with Crippen molar-refractivity contribution < 1.29 is 13.7 Å². The first-order valence-corrected chi connectivity index (χ1v) is 8.91. The lowest BCUT2D eigenvalue weighted by Crippen LogP contribution is -2.34. The molecule has 4 rings (SSSR count). The predicted octanol–water partition coefficient (Wildman–Crippen LogP) is 3.15. The van der Waals surface area contributed by atoms with Gasteiger partial charge in [0.15, 0.2) is 5.82 Å². The largest absolute Gasteiger partial charge is 0.358 e. The number of aromatic amines is 1. The maximum atomic E-state index is 13.9. The van der Waals surface area contributed by atoms with Crippen LogP contribution in [-0.2, 0) is 0 Å². The first-order valence-electron chi connectivity index (χ1n) is 8.91. The van der Waals surface area contributed by atoms with Gasteiger partial charge in [-0.1, -0.05) is 25.1 Å². The fourth-order valence-electron chi connectivity index (χ4n) is 3.41. The molecule has 1 saturated heterocycles. The number of halogens is 1. The van der Waals surface area contributed by atoms with Crippen molar-refractivity contribution in [2.45, 2.75) is 38.6 Å². The van der Waals surface area contributed by atoms with Crippen molar-refractivity contribution in [3.8, 4) is 0 Å². The van der Waals surface area contributed by atoms with E-state index in [2.05, 4.69) is 15.1 Å². The molecule has 0 spiro atoms. The number of aromatic nitrogens is 3. The molecule has 1 atom stereocenters. The van der Waals surface area contributed by atoms with E-state index in [1.807, 2.05) is 13.8 Å². The van der Waals surface area contributed by atoms with Crippen LogP contribution in [0.4, 0.5) is 4.39 Å². The molecule has 0 saturated carbocycles. The number of carbonyl (C=O) groups is 1. The number of hydrogen-bond donors (Lipinski definition) is 1. The zero-order chi connectivity index (χ0) is 19.1. The smallest absolute Gasteiger partial charge is 0.260 e. The molecule has 0 radical (unpaired) electrons. The minimum absolute atomic E-state index is 0.0244. The van der Waals surface area contributed by atoms with E-state index in [1.165, 1.54) is 24.4 Å². The highest BCUT2D eigenvalue weighted by molar-refractivity contribution is 5.97. The van der Waals surface area contributed by atoms with Gasteiger partial charge >= 0.3 is 0 Å². The molecule has 1 N–H and O–H groups in total.